The fourth-order valence-corrected chi connectivity index (χ4v) is 3.40. The summed E-state index contributed by atoms with van der Waals surface area (Å²) in [5.41, 5.74) is 0.793. The first kappa shape index (κ1) is 24.5. The predicted octanol–water partition coefficient (Wildman–Crippen LogP) is 5.66. The van der Waals surface area contributed by atoms with E-state index in [0.29, 0.717) is 28.8 Å². The van der Waals surface area contributed by atoms with Gasteiger partial charge in [-0.3, -0.25) is 9.59 Å². The van der Waals surface area contributed by atoms with Gasteiger partial charge in [-0.1, -0.05) is 34.6 Å². The normalized spacial score (nSPS) is 11.9. The second kappa shape index (κ2) is 9.16. The zero-order chi connectivity index (χ0) is 23.6. The Kier molecular flexibility index (Phi) is 7.25. The molecule has 0 saturated heterocycles. The molecule has 1 N–H and O–H groups in total. The maximum atomic E-state index is 14.5. The van der Waals surface area contributed by atoms with Crippen LogP contribution < -0.4 is 5.32 Å². The van der Waals surface area contributed by atoms with Crippen LogP contribution in [0.5, 0.6) is 0 Å². The molecule has 0 unspecified atom stereocenters. The van der Waals surface area contributed by atoms with Crippen molar-refractivity contribution in [3.63, 3.8) is 0 Å². The molecule has 0 heterocycles. The molecule has 2 aromatic carbocycles. The Morgan fingerprint density at radius 1 is 0.903 bits per heavy atom. The van der Waals surface area contributed by atoms with Gasteiger partial charge in [0.2, 0.25) is 5.91 Å². The van der Waals surface area contributed by atoms with E-state index in [-0.39, 0.29) is 29.5 Å². The largest absolute Gasteiger partial charge is 0.345 e. The number of carbonyl (C=O) groups excluding carboxylic acids is 2. The molecule has 4 nitrogen and oxygen atoms in total. The van der Waals surface area contributed by atoms with E-state index in [2.05, 4.69) is 5.32 Å². The molecule has 6 heteroatoms. The van der Waals surface area contributed by atoms with Crippen LogP contribution in [0.2, 0.25) is 0 Å². The van der Waals surface area contributed by atoms with Crippen LogP contribution in [-0.2, 0) is 15.6 Å². The van der Waals surface area contributed by atoms with Crippen LogP contribution in [0.3, 0.4) is 0 Å². The first-order chi connectivity index (χ1) is 14.2. The van der Waals surface area contributed by atoms with Gasteiger partial charge in [0.15, 0.2) is 0 Å². The highest BCUT2D eigenvalue weighted by molar-refractivity contribution is 5.94. The van der Waals surface area contributed by atoms with E-state index in [1.165, 1.54) is 29.2 Å². The fourth-order valence-electron chi connectivity index (χ4n) is 3.40. The number of hydrogen-bond acceptors (Lipinski definition) is 2. The van der Waals surface area contributed by atoms with E-state index in [4.69, 9.17) is 0 Å². The predicted molar refractivity (Wildman–Crippen MR) is 120 cm³/mol. The Bertz CT molecular complexity index is 976. The molecule has 0 saturated carbocycles. The van der Waals surface area contributed by atoms with Crippen LogP contribution in [0.1, 0.15) is 68.9 Å². The van der Waals surface area contributed by atoms with Crippen molar-refractivity contribution in [3.05, 3.63) is 64.7 Å². The van der Waals surface area contributed by atoms with Crippen LogP contribution in [0.15, 0.2) is 36.4 Å². The SMILES string of the molecule is CN(C)C(=O)c1ccc(F)c(C(C)(C)CCC(=O)Nc2ccc(F)c(C(C)(C)C)c2)c1. The number of benzene rings is 2. The Morgan fingerprint density at radius 3 is 2.06 bits per heavy atom. The lowest BCUT2D eigenvalue weighted by molar-refractivity contribution is -0.116. The van der Waals surface area contributed by atoms with Crippen molar-refractivity contribution in [2.75, 3.05) is 19.4 Å². The van der Waals surface area contributed by atoms with Crippen molar-refractivity contribution < 1.29 is 18.4 Å². The zero-order valence-electron chi connectivity index (χ0n) is 19.4. The van der Waals surface area contributed by atoms with E-state index in [1.807, 2.05) is 34.6 Å². The first-order valence-corrected chi connectivity index (χ1v) is 10.3. The Morgan fingerprint density at radius 2 is 1.48 bits per heavy atom. The number of halogens is 2. The Balaban J connectivity index is 2.13. The smallest absolute Gasteiger partial charge is 0.253 e. The summed E-state index contributed by atoms with van der Waals surface area (Å²) < 4.78 is 28.6. The number of rotatable bonds is 6. The highest BCUT2D eigenvalue weighted by atomic mass is 19.1. The van der Waals surface area contributed by atoms with E-state index in [1.54, 1.807) is 26.2 Å². The lowest BCUT2D eigenvalue weighted by Gasteiger charge is -2.26. The van der Waals surface area contributed by atoms with Gasteiger partial charge in [-0.15, -0.1) is 0 Å². The second-order valence-electron chi connectivity index (χ2n) is 9.77. The van der Waals surface area contributed by atoms with E-state index < -0.39 is 11.2 Å². The van der Waals surface area contributed by atoms with Crippen molar-refractivity contribution in [1.82, 2.24) is 4.90 Å². The summed E-state index contributed by atoms with van der Waals surface area (Å²) >= 11 is 0. The number of anilines is 1. The van der Waals surface area contributed by atoms with Gasteiger partial charge in [-0.2, -0.15) is 0 Å². The maximum absolute atomic E-state index is 14.5. The number of carbonyl (C=O) groups is 2. The standard InChI is InChI=1S/C25H32F2N2O2/c1-24(2,3)18-15-17(9-11-20(18)26)28-22(30)12-13-25(4,5)19-14-16(8-10-21(19)27)23(31)29(6)7/h8-11,14-15H,12-13H2,1-7H3,(H,28,30). The van der Waals surface area contributed by atoms with E-state index in [9.17, 15) is 18.4 Å². The van der Waals surface area contributed by atoms with Crippen LogP contribution >= 0.6 is 0 Å². The molecular weight excluding hydrogens is 398 g/mol. The van der Waals surface area contributed by atoms with Crippen LogP contribution in [0.4, 0.5) is 14.5 Å². The van der Waals surface area contributed by atoms with Gasteiger partial charge in [-0.25, -0.2) is 8.78 Å². The third kappa shape index (κ3) is 6.12. The topological polar surface area (TPSA) is 49.4 Å². The van der Waals surface area contributed by atoms with Crippen molar-refractivity contribution in [2.24, 2.45) is 0 Å². The van der Waals surface area contributed by atoms with Gasteiger partial charge < -0.3 is 10.2 Å². The quantitative estimate of drug-likeness (QED) is 0.643. The Hall–Kier alpha value is -2.76. The van der Waals surface area contributed by atoms with Gasteiger partial charge in [0.05, 0.1) is 0 Å². The molecule has 2 aromatic rings. The van der Waals surface area contributed by atoms with Crippen molar-refractivity contribution in [3.8, 4) is 0 Å². The minimum absolute atomic E-state index is 0.153. The molecule has 0 aromatic heterocycles. The van der Waals surface area contributed by atoms with Gasteiger partial charge in [-0.05, 0) is 64.8 Å². The fraction of sp³-hybridized carbons (Fsp3) is 0.440. The zero-order valence-corrected chi connectivity index (χ0v) is 19.4. The average molecular weight is 431 g/mol. The van der Waals surface area contributed by atoms with Gasteiger partial charge in [0.25, 0.3) is 5.91 Å². The highest BCUT2D eigenvalue weighted by Crippen LogP contribution is 2.32. The first-order valence-electron chi connectivity index (χ1n) is 10.3. The molecule has 0 aliphatic carbocycles. The summed E-state index contributed by atoms with van der Waals surface area (Å²) in [4.78, 5) is 26.2. The molecule has 0 atom stereocenters. The van der Waals surface area contributed by atoms with Crippen LogP contribution in [0.25, 0.3) is 0 Å². The van der Waals surface area contributed by atoms with Gasteiger partial charge in [0, 0.05) is 31.8 Å². The van der Waals surface area contributed by atoms with Gasteiger partial charge >= 0.3 is 0 Å². The summed E-state index contributed by atoms with van der Waals surface area (Å²) in [5, 5.41) is 2.80. The van der Waals surface area contributed by atoms with Crippen molar-refractivity contribution in [2.45, 2.75) is 58.3 Å². The molecule has 2 rings (SSSR count). The summed E-state index contributed by atoms with van der Waals surface area (Å²) in [6.07, 6.45) is 0.531. The molecule has 31 heavy (non-hydrogen) atoms. The third-order valence-electron chi connectivity index (χ3n) is 5.38. The Labute approximate surface area is 183 Å². The molecule has 0 radical (unpaired) electrons. The van der Waals surface area contributed by atoms with Crippen molar-refractivity contribution in [1.29, 1.82) is 0 Å². The molecule has 0 bridgehead atoms. The lowest BCUT2D eigenvalue weighted by Crippen LogP contribution is -2.25. The summed E-state index contributed by atoms with van der Waals surface area (Å²) in [7, 11) is 3.28. The van der Waals surface area contributed by atoms with Crippen LogP contribution in [0, 0.1) is 11.6 Å². The molecule has 168 valence electrons. The maximum Gasteiger partial charge on any atom is 0.253 e. The summed E-state index contributed by atoms with van der Waals surface area (Å²) in [6.45, 7) is 9.41. The summed E-state index contributed by atoms with van der Waals surface area (Å²) in [6, 6.07) is 8.84. The van der Waals surface area contributed by atoms with E-state index >= 15 is 0 Å². The lowest BCUT2D eigenvalue weighted by atomic mass is 9.79. The van der Waals surface area contributed by atoms with E-state index in [0.717, 1.165) is 0 Å². The molecule has 0 aliphatic rings. The third-order valence-corrected chi connectivity index (χ3v) is 5.38. The highest BCUT2D eigenvalue weighted by Gasteiger charge is 2.27. The molecule has 0 aliphatic heterocycles. The number of amides is 2. The minimum atomic E-state index is -0.663. The number of nitrogens with zero attached hydrogens (tertiary/aromatic N) is 1. The van der Waals surface area contributed by atoms with Crippen LogP contribution in [-0.4, -0.2) is 30.8 Å². The minimum Gasteiger partial charge on any atom is -0.345 e. The average Bonchev–Trinajstić information content (AvgIpc) is 2.66. The van der Waals surface area contributed by atoms with Gasteiger partial charge in [0.1, 0.15) is 11.6 Å². The second-order valence-corrected chi connectivity index (χ2v) is 9.77. The molecular formula is C25H32F2N2O2. The summed E-state index contributed by atoms with van der Waals surface area (Å²) in [5.74, 6) is -1.16. The molecule has 0 fully saturated rings. The van der Waals surface area contributed by atoms with Crippen molar-refractivity contribution >= 4 is 17.5 Å². The molecule has 0 spiro atoms. The monoisotopic (exact) mass is 430 g/mol. The number of nitrogens with one attached hydrogen (secondary N) is 1. The number of hydrogen-bond donors (Lipinski definition) is 1. The molecule has 2 amide bonds.